The van der Waals surface area contributed by atoms with E-state index in [-0.39, 0.29) is 11.7 Å². The second kappa shape index (κ2) is 6.12. The molecule has 2 saturated heterocycles. The summed E-state index contributed by atoms with van der Waals surface area (Å²) in [5.41, 5.74) is -0.390. The minimum atomic E-state index is -0.390. The molecule has 2 heterocycles. The van der Waals surface area contributed by atoms with Crippen LogP contribution in [0.1, 0.15) is 52.9 Å². The standard InChI is InChI=1S/C15H28N2O2/c1-15(2,3)19-14(18)17-10-4-5-13(17)11-12-6-8-16-9-7-12/h12-13,16H,4-11H2,1-3H3. The summed E-state index contributed by atoms with van der Waals surface area (Å²) in [4.78, 5) is 14.2. The Kier molecular flexibility index (Phi) is 4.71. The number of nitrogens with one attached hydrogen (secondary N) is 1. The van der Waals surface area contributed by atoms with Gasteiger partial charge >= 0.3 is 6.09 Å². The molecule has 0 bridgehead atoms. The number of carbonyl (C=O) groups excluding carboxylic acids is 1. The lowest BCUT2D eigenvalue weighted by molar-refractivity contribution is 0.0204. The Bertz CT molecular complexity index is 306. The normalized spacial score (nSPS) is 25.6. The molecule has 0 aliphatic carbocycles. The van der Waals surface area contributed by atoms with Crippen LogP contribution in [-0.2, 0) is 4.74 Å². The van der Waals surface area contributed by atoms with Crippen LogP contribution >= 0.6 is 0 Å². The van der Waals surface area contributed by atoms with Crippen molar-refractivity contribution < 1.29 is 9.53 Å². The third kappa shape index (κ3) is 4.37. The van der Waals surface area contributed by atoms with Gasteiger partial charge in [0, 0.05) is 12.6 Å². The zero-order valence-electron chi connectivity index (χ0n) is 12.6. The SMILES string of the molecule is CC(C)(C)OC(=O)N1CCCC1CC1CCNCC1. The lowest BCUT2D eigenvalue weighted by Crippen LogP contribution is -2.41. The van der Waals surface area contributed by atoms with Gasteiger partial charge in [-0.25, -0.2) is 4.79 Å². The molecular formula is C15H28N2O2. The first-order valence-electron chi connectivity index (χ1n) is 7.66. The summed E-state index contributed by atoms with van der Waals surface area (Å²) in [7, 11) is 0. The van der Waals surface area contributed by atoms with Crippen LogP contribution < -0.4 is 5.32 Å². The van der Waals surface area contributed by atoms with Gasteiger partial charge in [0.2, 0.25) is 0 Å². The Balaban J connectivity index is 1.87. The number of hydrogen-bond donors (Lipinski definition) is 1. The van der Waals surface area contributed by atoms with Crippen LogP contribution in [0.3, 0.4) is 0 Å². The van der Waals surface area contributed by atoms with Crippen molar-refractivity contribution in [2.45, 2.75) is 64.5 Å². The Hall–Kier alpha value is -0.770. The Morgan fingerprint density at radius 3 is 2.58 bits per heavy atom. The van der Waals surface area contributed by atoms with Gasteiger partial charge in [-0.2, -0.15) is 0 Å². The van der Waals surface area contributed by atoms with Gasteiger partial charge in [-0.05, 0) is 71.9 Å². The molecule has 4 heteroatoms. The largest absolute Gasteiger partial charge is 0.444 e. The average molecular weight is 268 g/mol. The van der Waals surface area contributed by atoms with E-state index in [0.29, 0.717) is 6.04 Å². The van der Waals surface area contributed by atoms with Gasteiger partial charge < -0.3 is 15.0 Å². The molecular weight excluding hydrogens is 240 g/mol. The van der Waals surface area contributed by atoms with E-state index in [0.717, 1.165) is 44.8 Å². The van der Waals surface area contributed by atoms with Crippen molar-refractivity contribution in [1.29, 1.82) is 0 Å². The topological polar surface area (TPSA) is 41.6 Å². The third-order valence-corrected chi connectivity index (χ3v) is 4.07. The highest BCUT2D eigenvalue weighted by Gasteiger charge is 2.33. The van der Waals surface area contributed by atoms with Gasteiger partial charge in [0.05, 0.1) is 0 Å². The predicted molar refractivity (Wildman–Crippen MR) is 76.2 cm³/mol. The maximum atomic E-state index is 12.2. The fraction of sp³-hybridized carbons (Fsp3) is 0.933. The van der Waals surface area contributed by atoms with Crippen LogP contribution in [0.4, 0.5) is 4.79 Å². The van der Waals surface area contributed by atoms with Crippen LogP contribution in [0.5, 0.6) is 0 Å². The first-order chi connectivity index (χ1) is 8.96. The van der Waals surface area contributed by atoms with E-state index in [1.165, 1.54) is 12.8 Å². The van der Waals surface area contributed by atoms with Crippen LogP contribution in [0.2, 0.25) is 0 Å². The van der Waals surface area contributed by atoms with E-state index < -0.39 is 0 Å². The van der Waals surface area contributed by atoms with Crippen LogP contribution in [0, 0.1) is 5.92 Å². The molecule has 0 aromatic carbocycles. The molecule has 4 nitrogen and oxygen atoms in total. The molecule has 0 spiro atoms. The maximum absolute atomic E-state index is 12.2. The second-order valence-corrected chi connectivity index (χ2v) is 6.90. The smallest absolute Gasteiger partial charge is 0.410 e. The van der Waals surface area contributed by atoms with Crippen molar-refractivity contribution in [3.63, 3.8) is 0 Å². The van der Waals surface area contributed by atoms with Crippen molar-refractivity contribution in [3.8, 4) is 0 Å². The summed E-state index contributed by atoms with van der Waals surface area (Å²) in [5.74, 6) is 0.772. The summed E-state index contributed by atoms with van der Waals surface area (Å²) in [6, 6.07) is 0.401. The van der Waals surface area contributed by atoms with Gasteiger partial charge in [-0.15, -0.1) is 0 Å². The molecule has 1 N–H and O–H groups in total. The Morgan fingerprint density at radius 1 is 1.26 bits per heavy atom. The fourth-order valence-electron chi connectivity index (χ4n) is 3.14. The van der Waals surface area contributed by atoms with Gasteiger partial charge in [0.1, 0.15) is 5.60 Å². The highest BCUT2D eigenvalue weighted by atomic mass is 16.6. The third-order valence-electron chi connectivity index (χ3n) is 4.07. The second-order valence-electron chi connectivity index (χ2n) is 6.90. The molecule has 2 rings (SSSR count). The van der Waals surface area contributed by atoms with E-state index in [4.69, 9.17) is 4.74 Å². The van der Waals surface area contributed by atoms with Crippen molar-refractivity contribution in [1.82, 2.24) is 10.2 Å². The van der Waals surface area contributed by atoms with Crippen molar-refractivity contribution in [2.75, 3.05) is 19.6 Å². The molecule has 0 aromatic heterocycles. The minimum absolute atomic E-state index is 0.121. The van der Waals surface area contributed by atoms with E-state index in [1.54, 1.807) is 0 Å². The van der Waals surface area contributed by atoms with Gasteiger partial charge in [0.25, 0.3) is 0 Å². The number of ether oxygens (including phenoxy) is 1. The molecule has 1 amide bonds. The molecule has 19 heavy (non-hydrogen) atoms. The highest BCUT2D eigenvalue weighted by molar-refractivity contribution is 5.68. The number of nitrogens with zero attached hydrogens (tertiary/aromatic N) is 1. The zero-order valence-corrected chi connectivity index (χ0v) is 12.6. The van der Waals surface area contributed by atoms with E-state index in [9.17, 15) is 4.79 Å². The number of piperidine rings is 1. The molecule has 2 aliphatic heterocycles. The first-order valence-corrected chi connectivity index (χ1v) is 7.66. The first kappa shape index (κ1) is 14.6. The summed E-state index contributed by atoms with van der Waals surface area (Å²) in [5, 5.41) is 3.40. The average Bonchev–Trinajstić information content (AvgIpc) is 2.76. The Labute approximate surface area is 116 Å². The molecule has 110 valence electrons. The molecule has 1 atom stereocenters. The Morgan fingerprint density at radius 2 is 1.95 bits per heavy atom. The van der Waals surface area contributed by atoms with Gasteiger partial charge in [0.15, 0.2) is 0 Å². The maximum Gasteiger partial charge on any atom is 0.410 e. The molecule has 0 saturated carbocycles. The summed E-state index contributed by atoms with van der Waals surface area (Å²) < 4.78 is 5.52. The number of likely N-dealkylation sites (tertiary alicyclic amines) is 1. The van der Waals surface area contributed by atoms with E-state index in [2.05, 4.69) is 5.32 Å². The molecule has 2 fully saturated rings. The van der Waals surface area contributed by atoms with Crippen molar-refractivity contribution in [3.05, 3.63) is 0 Å². The fourth-order valence-corrected chi connectivity index (χ4v) is 3.14. The molecule has 0 aromatic rings. The van der Waals surface area contributed by atoms with Crippen molar-refractivity contribution >= 4 is 6.09 Å². The van der Waals surface area contributed by atoms with Crippen molar-refractivity contribution in [2.24, 2.45) is 5.92 Å². The summed E-state index contributed by atoms with van der Waals surface area (Å²) in [6.07, 6.45) is 5.79. The minimum Gasteiger partial charge on any atom is -0.444 e. The molecule has 2 aliphatic rings. The summed E-state index contributed by atoms with van der Waals surface area (Å²) in [6.45, 7) is 8.92. The molecule has 1 unspecified atom stereocenters. The quantitative estimate of drug-likeness (QED) is 0.837. The number of rotatable bonds is 2. The lowest BCUT2D eigenvalue weighted by Gasteiger charge is -2.32. The highest BCUT2D eigenvalue weighted by Crippen LogP contribution is 2.28. The van der Waals surface area contributed by atoms with Crippen LogP contribution in [-0.4, -0.2) is 42.3 Å². The lowest BCUT2D eigenvalue weighted by atomic mass is 9.90. The zero-order chi connectivity index (χ0) is 13.9. The number of carbonyl (C=O) groups is 1. The van der Waals surface area contributed by atoms with Gasteiger partial charge in [-0.3, -0.25) is 0 Å². The molecule has 0 radical (unpaired) electrons. The summed E-state index contributed by atoms with van der Waals surface area (Å²) >= 11 is 0. The predicted octanol–water partition coefficient (Wildman–Crippen LogP) is 2.78. The monoisotopic (exact) mass is 268 g/mol. The number of amides is 1. The van der Waals surface area contributed by atoms with E-state index >= 15 is 0 Å². The number of hydrogen-bond acceptors (Lipinski definition) is 3. The van der Waals surface area contributed by atoms with Crippen LogP contribution in [0.15, 0.2) is 0 Å². The van der Waals surface area contributed by atoms with E-state index in [1.807, 2.05) is 25.7 Å². The van der Waals surface area contributed by atoms with Gasteiger partial charge in [-0.1, -0.05) is 0 Å². The van der Waals surface area contributed by atoms with Crippen LogP contribution in [0.25, 0.3) is 0 Å².